The highest BCUT2D eigenvalue weighted by Crippen LogP contribution is 2.51. The number of anilines is 1. The van der Waals surface area contributed by atoms with Crippen molar-refractivity contribution >= 4 is 50.2 Å². The van der Waals surface area contributed by atoms with Crippen LogP contribution in [0.1, 0.15) is 38.8 Å². The molecule has 0 saturated heterocycles. The Morgan fingerprint density at radius 3 is 2.00 bits per heavy atom. The van der Waals surface area contributed by atoms with Crippen LogP contribution in [0.5, 0.6) is 0 Å². The summed E-state index contributed by atoms with van der Waals surface area (Å²) in [6.45, 7) is 8.49. The van der Waals surface area contributed by atoms with E-state index in [2.05, 4.69) is 85.7 Å². The summed E-state index contributed by atoms with van der Waals surface area (Å²) in [6.07, 6.45) is 3.42. The molecule has 0 fully saturated rings. The quantitative estimate of drug-likeness (QED) is 0.162. The first-order chi connectivity index (χ1) is 19.9. The lowest BCUT2D eigenvalue weighted by Gasteiger charge is -2.24. The number of carbonyl (C=O) groups is 2. The number of rotatable bonds is 2. The average molecular weight is 554 g/mol. The maximum atomic E-state index is 13.4. The molecule has 0 bridgehead atoms. The number of aliphatic hydroxyl groups is 1. The smallest absolute Gasteiger partial charge is 0.237 e. The molecule has 0 atom stereocenters. The number of carbonyl (C=O) groups excluding carboxylic acids is 2. The van der Waals surface area contributed by atoms with Crippen molar-refractivity contribution in [3.8, 4) is 0 Å². The second-order valence-corrected chi connectivity index (χ2v) is 12.6. The molecule has 4 aromatic rings. The Morgan fingerprint density at radius 1 is 0.738 bits per heavy atom. The van der Waals surface area contributed by atoms with Gasteiger partial charge in [-0.1, -0.05) is 68.4 Å². The Bertz CT molecular complexity index is 2050. The van der Waals surface area contributed by atoms with Crippen molar-refractivity contribution in [2.75, 3.05) is 19.0 Å². The zero-order valence-electron chi connectivity index (χ0n) is 24.7. The SMILES string of the molecule is CN1/C(=C\C2=C(O)C(=C/C3=[N+](C)c4ccc5ccccc5c4C3(C)C)/C(=O)C2=O)C(C)(C)c2c1ccc1ccccc21. The van der Waals surface area contributed by atoms with Gasteiger partial charge >= 0.3 is 0 Å². The Kier molecular flexibility index (Phi) is 5.37. The van der Waals surface area contributed by atoms with Gasteiger partial charge in [-0.15, -0.1) is 0 Å². The monoisotopic (exact) mass is 553 g/mol. The van der Waals surface area contributed by atoms with Crippen molar-refractivity contribution < 1.29 is 19.3 Å². The zero-order valence-corrected chi connectivity index (χ0v) is 24.7. The molecule has 4 aromatic carbocycles. The van der Waals surface area contributed by atoms with Crippen LogP contribution < -0.4 is 4.90 Å². The number of fused-ring (bicyclic) bond motifs is 6. The van der Waals surface area contributed by atoms with Gasteiger partial charge in [-0.25, -0.2) is 0 Å². The molecule has 3 aliphatic rings. The van der Waals surface area contributed by atoms with E-state index in [0.29, 0.717) is 0 Å². The lowest BCUT2D eigenvalue weighted by molar-refractivity contribution is -0.401. The highest BCUT2D eigenvalue weighted by molar-refractivity contribution is 6.54. The standard InChI is InChI=1S/C37H32N2O3/c1-36(2)29(38(5)27-17-15-21-11-7-9-13-23(21)31(27)36)19-25-33(40)26(35(42)34(25)41)20-30-37(3,4)32-24-14-10-8-12-22(24)16-18-28(32)39(30)6/h7-20H,1-6H3/p+1. The summed E-state index contributed by atoms with van der Waals surface area (Å²) in [6, 6.07) is 24.9. The van der Waals surface area contributed by atoms with Crippen LogP contribution in [0.4, 0.5) is 11.4 Å². The van der Waals surface area contributed by atoms with E-state index < -0.39 is 22.4 Å². The molecule has 42 heavy (non-hydrogen) atoms. The first-order valence-electron chi connectivity index (χ1n) is 14.3. The van der Waals surface area contributed by atoms with Crippen LogP contribution in [-0.2, 0) is 20.4 Å². The lowest BCUT2D eigenvalue weighted by Crippen LogP contribution is -2.28. The molecule has 5 nitrogen and oxygen atoms in total. The molecule has 0 radical (unpaired) electrons. The van der Waals surface area contributed by atoms with Gasteiger partial charge in [0.1, 0.15) is 12.8 Å². The van der Waals surface area contributed by atoms with Crippen LogP contribution in [0.2, 0.25) is 0 Å². The number of aliphatic hydroxyl groups excluding tert-OH is 1. The lowest BCUT2D eigenvalue weighted by atomic mass is 9.78. The Morgan fingerprint density at radius 2 is 1.33 bits per heavy atom. The van der Waals surface area contributed by atoms with Crippen molar-refractivity contribution in [1.82, 2.24) is 0 Å². The van der Waals surface area contributed by atoms with Gasteiger partial charge in [-0.05, 0) is 59.2 Å². The first-order valence-corrected chi connectivity index (χ1v) is 14.3. The number of nitrogens with zero attached hydrogens (tertiary/aromatic N) is 2. The Hall–Kier alpha value is -4.77. The second kappa shape index (κ2) is 8.62. The predicted molar refractivity (Wildman–Crippen MR) is 169 cm³/mol. The topological polar surface area (TPSA) is 60.6 Å². The van der Waals surface area contributed by atoms with Gasteiger partial charge in [0.25, 0.3) is 0 Å². The third-order valence-electron chi connectivity index (χ3n) is 9.56. The van der Waals surface area contributed by atoms with Crippen molar-refractivity contribution in [2.24, 2.45) is 0 Å². The van der Waals surface area contributed by atoms with E-state index in [1.54, 1.807) is 12.2 Å². The second-order valence-electron chi connectivity index (χ2n) is 12.6. The minimum absolute atomic E-state index is 0.0420. The van der Waals surface area contributed by atoms with Gasteiger partial charge in [0.2, 0.25) is 17.3 Å². The summed E-state index contributed by atoms with van der Waals surface area (Å²) in [5.74, 6) is -1.63. The molecule has 2 aliphatic heterocycles. The maximum Gasteiger partial charge on any atom is 0.237 e. The Labute approximate surface area is 245 Å². The molecule has 0 unspecified atom stereocenters. The summed E-state index contributed by atoms with van der Waals surface area (Å²) >= 11 is 0. The number of allylic oxidation sites excluding steroid dienone is 5. The molecule has 0 spiro atoms. The predicted octanol–water partition coefficient (Wildman–Crippen LogP) is 7.20. The molecule has 1 N–H and O–H groups in total. The number of hydrogen-bond acceptors (Lipinski definition) is 4. The molecule has 0 saturated carbocycles. The summed E-state index contributed by atoms with van der Waals surface area (Å²) in [5, 5.41) is 16.1. The van der Waals surface area contributed by atoms with Crippen molar-refractivity contribution in [3.05, 3.63) is 119 Å². The molecule has 0 amide bonds. The zero-order chi connectivity index (χ0) is 29.7. The van der Waals surface area contributed by atoms with Gasteiger partial charge in [-0.3, -0.25) is 9.59 Å². The molecule has 2 heterocycles. The normalized spacial score (nSPS) is 21.0. The van der Waals surface area contributed by atoms with Crippen LogP contribution in [0.25, 0.3) is 21.5 Å². The molecule has 7 rings (SSSR count). The minimum Gasteiger partial charge on any atom is -0.506 e. The molecular formula is C37H33N2O3+. The van der Waals surface area contributed by atoms with Crippen LogP contribution in [0, 0.1) is 0 Å². The van der Waals surface area contributed by atoms with Gasteiger partial charge in [0, 0.05) is 41.6 Å². The highest BCUT2D eigenvalue weighted by Gasteiger charge is 2.47. The van der Waals surface area contributed by atoms with E-state index in [9.17, 15) is 14.7 Å². The van der Waals surface area contributed by atoms with E-state index in [1.165, 1.54) is 0 Å². The molecular weight excluding hydrogens is 520 g/mol. The summed E-state index contributed by atoms with van der Waals surface area (Å²) in [4.78, 5) is 28.9. The fourth-order valence-electron chi connectivity index (χ4n) is 7.45. The fourth-order valence-corrected chi connectivity index (χ4v) is 7.45. The third kappa shape index (κ3) is 3.34. The largest absolute Gasteiger partial charge is 0.506 e. The van der Waals surface area contributed by atoms with Crippen molar-refractivity contribution in [2.45, 2.75) is 38.5 Å². The average Bonchev–Trinajstić information content (AvgIpc) is 3.40. The molecule has 1 aliphatic carbocycles. The van der Waals surface area contributed by atoms with Gasteiger partial charge in [0.05, 0.1) is 16.6 Å². The Balaban J connectivity index is 1.35. The van der Waals surface area contributed by atoms with E-state index in [0.717, 1.165) is 55.5 Å². The van der Waals surface area contributed by atoms with Crippen LogP contribution in [0.3, 0.4) is 0 Å². The highest BCUT2D eigenvalue weighted by atomic mass is 16.3. The van der Waals surface area contributed by atoms with Crippen molar-refractivity contribution in [1.29, 1.82) is 0 Å². The van der Waals surface area contributed by atoms with E-state index >= 15 is 0 Å². The number of hydrogen-bond donors (Lipinski definition) is 1. The number of benzene rings is 4. The number of Topliss-reactive ketones (excluding diaryl/α,β-unsaturated/α-hetero) is 2. The molecule has 5 heteroatoms. The maximum absolute atomic E-state index is 13.4. The van der Waals surface area contributed by atoms with Crippen LogP contribution >= 0.6 is 0 Å². The van der Waals surface area contributed by atoms with E-state index in [-0.39, 0.29) is 16.9 Å². The number of likely N-dealkylation sites (N-methyl/N-ethyl adjacent to an activating group) is 1. The molecule has 208 valence electrons. The third-order valence-corrected chi connectivity index (χ3v) is 9.56. The minimum atomic E-state index is -0.682. The summed E-state index contributed by atoms with van der Waals surface area (Å²) < 4.78 is 2.06. The van der Waals surface area contributed by atoms with Crippen LogP contribution in [-0.4, -0.2) is 41.1 Å². The first kappa shape index (κ1) is 26.1. The van der Waals surface area contributed by atoms with Crippen molar-refractivity contribution in [3.63, 3.8) is 0 Å². The summed E-state index contributed by atoms with van der Waals surface area (Å²) in [5.41, 5.74) is 5.29. The van der Waals surface area contributed by atoms with E-state index in [1.807, 2.05) is 38.4 Å². The molecule has 0 aromatic heterocycles. The summed E-state index contributed by atoms with van der Waals surface area (Å²) in [7, 11) is 3.94. The van der Waals surface area contributed by atoms with E-state index in [4.69, 9.17) is 0 Å². The number of ketones is 2. The fraction of sp³-hybridized carbons (Fsp3) is 0.216. The van der Waals surface area contributed by atoms with Gasteiger partial charge in [0.15, 0.2) is 5.71 Å². The van der Waals surface area contributed by atoms with Crippen LogP contribution in [0.15, 0.2) is 108 Å². The van der Waals surface area contributed by atoms with Gasteiger partial charge in [-0.2, -0.15) is 4.58 Å². The van der Waals surface area contributed by atoms with Gasteiger partial charge < -0.3 is 10.0 Å².